The normalized spacial score (nSPS) is 12.4. The summed E-state index contributed by atoms with van der Waals surface area (Å²) in [5.74, 6) is 2.60. The van der Waals surface area contributed by atoms with Crippen LogP contribution in [0.1, 0.15) is 41.5 Å². The van der Waals surface area contributed by atoms with Gasteiger partial charge in [0.1, 0.15) is 22.1 Å². The highest BCUT2D eigenvalue weighted by Crippen LogP contribution is 2.76. The molecule has 0 saturated heterocycles. The summed E-state index contributed by atoms with van der Waals surface area (Å²) in [6.07, 6.45) is 0. The molecule has 4 heteroatoms. The quantitative estimate of drug-likeness (QED) is 0.369. The van der Waals surface area contributed by atoms with Gasteiger partial charge in [-0.2, -0.15) is 0 Å². The molecular formula is C29H38O3P+. The van der Waals surface area contributed by atoms with E-state index in [9.17, 15) is 0 Å². The Morgan fingerprint density at radius 3 is 1.64 bits per heavy atom. The summed E-state index contributed by atoms with van der Waals surface area (Å²) in [5.41, 5.74) is 2.22. The van der Waals surface area contributed by atoms with Crippen LogP contribution in [0.25, 0.3) is 11.1 Å². The summed E-state index contributed by atoms with van der Waals surface area (Å²) in [4.78, 5) is 0. The molecule has 176 valence electrons. The SMILES string of the molecule is COc1ccc(OC)c(-c2ccccc2[P+](c2ccccc2OC)(C(C)(C)C)C(C)(C)C)c1. The van der Waals surface area contributed by atoms with Crippen molar-refractivity contribution in [1.29, 1.82) is 0 Å². The minimum absolute atomic E-state index is 0.0396. The van der Waals surface area contributed by atoms with Gasteiger partial charge in [-0.1, -0.05) is 30.3 Å². The Kier molecular flexibility index (Phi) is 7.15. The molecule has 0 aliphatic heterocycles. The predicted molar refractivity (Wildman–Crippen MR) is 144 cm³/mol. The van der Waals surface area contributed by atoms with Gasteiger partial charge in [0.2, 0.25) is 0 Å². The molecule has 3 nitrogen and oxygen atoms in total. The molecule has 33 heavy (non-hydrogen) atoms. The van der Waals surface area contributed by atoms with Crippen LogP contribution in [-0.4, -0.2) is 31.6 Å². The van der Waals surface area contributed by atoms with Gasteiger partial charge in [0.15, 0.2) is 5.75 Å². The molecule has 0 bridgehead atoms. The van der Waals surface area contributed by atoms with E-state index in [4.69, 9.17) is 14.2 Å². The molecule has 0 heterocycles. The number of hydrogen-bond donors (Lipinski definition) is 0. The highest BCUT2D eigenvalue weighted by Gasteiger charge is 2.63. The van der Waals surface area contributed by atoms with Crippen LogP contribution in [0.5, 0.6) is 17.2 Å². The fourth-order valence-corrected chi connectivity index (χ4v) is 12.3. The van der Waals surface area contributed by atoms with E-state index in [-0.39, 0.29) is 10.3 Å². The summed E-state index contributed by atoms with van der Waals surface area (Å²) >= 11 is 0. The van der Waals surface area contributed by atoms with Crippen molar-refractivity contribution >= 4 is 17.9 Å². The average molecular weight is 466 g/mol. The number of methoxy groups -OCH3 is 3. The lowest BCUT2D eigenvalue weighted by Crippen LogP contribution is -2.47. The zero-order chi connectivity index (χ0) is 24.4. The first kappa shape index (κ1) is 25.1. The molecule has 0 spiro atoms. The molecule has 0 aliphatic carbocycles. The van der Waals surface area contributed by atoms with Crippen LogP contribution in [0.2, 0.25) is 0 Å². The molecule has 0 amide bonds. The van der Waals surface area contributed by atoms with E-state index in [1.54, 1.807) is 21.3 Å². The van der Waals surface area contributed by atoms with Crippen molar-refractivity contribution < 1.29 is 14.2 Å². The number of para-hydroxylation sites is 1. The third-order valence-corrected chi connectivity index (χ3v) is 12.7. The lowest BCUT2D eigenvalue weighted by Gasteiger charge is -2.47. The summed E-state index contributed by atoms with van der Waals surface area (Å²) in [6.45, 7) is 14.2. The summed E-state index contributed by atoms with van der Waals surface area (Å²) in [5, 5.41) is 2.56. The highest BCUT2D eigenvalue weighted by molar-refractivity contribution is 7.92. The van der Waals surface area contributed by atoms with Crippen LogP contribution in [0, 0.1) is 0 Å². The van der Waals surface area contributed by atoms with Crippen molar-refractivity contribution in [3.8, 4) is 28.4 Å². The van der Waals surface area contributed by atoms with Crippen LogP contribution >= 0.6 is 7.26 Å². The highest BCUT2D eigenvalue weighted by atomic mass is 31.2. The van der Waals surface area contributed by atoms with Crippen LogP contribution in [0.3, 0.4) is 0 Å². The van der Waals surface area contributed by atoms with Crippen molar-refractivity contribution in [2.24, 2.45) is 0 Å². The largest absolute Gasteiger partial charge is 0.497 e. The molecule has 0 fully saturated rings. The first-order valence-electron chi connectivity index (χ1n) is 11.4. The van der Waals surface area contributed by atoms with Gasteiger partial charge in [-0.3, -0.25) is 0 Å². The first-order valence-corrected chi connectivity index (χ1v) is 13.2. The van der Waals surface area contributed by atoms with E-state index in [0.29, 0.717) is 0 Å². The predicted octanol–water partition coefficient (Wildman–Crippen LogP) is 6.94. The van der Waals surface area contributed by atoms with Crippen molar-refractivity contribution in [3.05, 3.63) is 66.7 Å². The monoisotopic (exact) mass is 465 g/mol. The van der Waals surface area contributed by atoms with Gasteiger partial charge < -0.3 is 14.2 Å². The summed E-state index contributed by atoms with van der Waals surface area (Å²) in [6, 6.07) is 23.4. The van der Waals surface area contributed by atoms with E-state index in [1.807, 2.05) is 12.1 Å². The minimum Gasteiger partial charge on any atom is -0.497 e. The molecule has 3 rings (SSSR count). The first-order chi connectivity index (χ1) is 15.5. The van der Waals surface area contributed by atoms with Gasteiger partial charge in [0.05, 0.1) is 38.9 Å². The second kappa shape index (κ2) is 9.39. The lowest BCUT2D eigenvalue weighted by atomic mass is 10.0. The van der Waals surface area contributed by atoms with E-state index in [0.717, 1.165) is 22.8 Å². The molecule has 0 aliphatic rings. The second-order valence-corrected chi connectivity index (χ2v) is 15.3. The maximum absolute atomic E-state index is 5.97. The number of benzene rings is 3. The van der Waals surface area contributed by atoms with Crippen LogP contribution in [-0.2, 0) is 0 Å². The topological polar surface area (TPSA) is 27.7 Å². The third kappa shape index (κ3) is 4.24. The van der Waals surface area contributed by atoms with E-state index in [2.05, 4.69) is 96.1 Å². The van der Waals surface area contributed by atoms with Gasteiger partial charge in [-0.05, 0) is 77.9 Å². The Morgan fingerprint density at radius 1 is 0.545 bits per heavy atom. The van der Waals surface area contributed by atoms with Crippen LogP contribution < -0.4 is 24.8 Å². The molecule has 0 unspecified atom stereocenters. The molecule has 0 radical (unpaired) electrons. The Balaban J connectivity index is 2.53. The smallest absolute Gasteiger partial charge is 0.161 e. The molecule has 0 aromatic heterocycles. The van der Waals surface area contributed by atoms with E-state index >= 15 is 0 Å². The number of ether oxygens (including phenoxy) is 3. The van der Waals surface area contributed by atoms with Crippen molar-refractivity contribution in [1.82, 2.24) is 0 Å². The molecular weight excluding hydrogens is 427 g/mol. The second-order valence-electron chi connectivity index (χ2n) is 10.3. The van der Waals surface area contributed by atoms with Crippen molar-refractivity contribution in [2.75, 3.05) is 21.3 Å². The zero-order valence-electron chi connectivity index (χ0n) is 21.5. The standard InChI is InChI=1S/C29H38O3P/c1-28(2,3)33(29(4,5)6,27-17-13-11-15-25(27)32-9)26-16-12-10-14-22(26)23-20-21(30-7)18-19-24(23)31-8/h10-20H,1-9H3/q+1. The fourth-order valence-electron chi connectivity index (χ4n) is 5.51. The summed E-state index contributed by atoms with van der Waals surface area (Å²) < 4.78 is 17.4. The maximum atomic E-state index is 5.97. The molecule has 0 N–H and O–H groups in total. The van der Waals surface area contributed by atoms with Crippen LogP contribution in [0.15, 0.2) is 66.7 Å². The van der Waals surface area contributed by atoms with E-state index < -0.39 is 7.26 Å². The Morgan fingerprint density at radius 2 is 1.09 bits per heavy atom. The van der Waals surface area contributed by atoms with Crippen molar-refractivity contribution in [2.45, 2.75) is 51.9 Å². The fraction of sp³-hybridized carbons (Fsp3) is 0.379. The van der Waals surface area contributed by atoms with Gasteiger partial charge >= 0.3 is 0 Å². The van der Waals surface area contributed by atoms with Crippen LogP contribution in [0.4, 0.5) is 0 Å². The molecule has 3 aromatic carbocycles. The maximum Gasteiger partial charge on any atom is 0.161 e. The van der Waals surface area contributed by atoms with Crippen molar-refractivity contribution in [3.63, 3.8) is 0 Å². The number of rotatable bonds is 6. The lowest BCUT2D eigenvalue weighted by molar-refractivity contribution is 0.404. The molecule has 0 saturated carbocycles. The minimum atomic E-state index is -2.10. The Bertz CT molecular complexity index is 1090. The molecule has 0 atom stereocenters. The van der Waals surface area contributed by atoms with Gasteiger partial charge in [0.25, 0.3) is 0 Å². The van der Waals surface area contributed by atoms with Gasteiger partial charge in [0, 0.05) is 11.1 Å². The third-order valence-electron chi connectivity index (χ3n) is 6.42. The van der Waals surface area contributed by atoms with Gasteiger partial charge in [-0.25, -0.2) is 0 Å². The molecule has 3 aromatic rings. The Labute approximate surface area is 200 Å². The van der Waals surface area contributed by atoms with Gasteiger partial charge in [-0.15, -0.1) is 0 Å². The Hall–Kier alpha value is -2.51. The average Bonchev–Trinajstić information content (AvgIpc) is 2.78. The number of hydrogen-bond acceptors (Lipinski definition) is 3. The zero-order valence-corrected chi connectivity index (χ0v) is 22.4. The van der Waals surface area contributed by atoms with E-state index in [1.165, 1.54) is 16.2 Å². The summed E-state index contributed by atoms with van der Waals surface area (Å²) in [7, 11) is 3.10.